The van der Waals surface area contributed by atoms with Gasteiger partial charge >= 0.3 is 0 Å². The molecule has 0 spiro atoms. The molecule has 138 valence electrons. The topological polar surface area (TPSA) is 108 Å². The van der Waals surface area contributed by atoms with Crippen molar-refractivity contribution in [3.63, 3.8) is 0 Å². The highest BCUT2D eigenvalue weighted by atomic mass is 16.5. The van der Waals surface area contributed by atoms with Crippen molar-refractivity contribution in [2.45, 2.75) is 31.3 Å². The number of nitrogens with one attached hydrogen (secondary N) is 1. The van der Waals surface area contributed by atoms with Gasteiger partial charge in [-0.2, -0.15) is 0 Å². The molecule has 3 aromatic rings. The van der Waals surface area contributed by atoms with Gasteiger partial charge in [-0.15, -0.1) is 0 Å². The van der Waals surface area contributed by atoms with Crippen LogP contribution in [0, 0.1) is 0 Å². The van der Waals surface area contributed by atoms with Crippen LogP contribution in [0.5, 0.6) is 0 Å². The predicted octanol–water partition coefficient (Wildman–Crippen LogP) is 1.97. The van der Waals surface area contributed by atoms with Crippen LogP contribution in [0.1, 0.15) is 25.3 Å². The van der Waals surface area contributed by atoms with Crippen LogP contribution in [0.2, 0.25) is 0 Å². The van der Waals surface area contributed by atoms with Crippen LogP contribution in [-0.4, -0.2) is 38.8 Å². The number of nitrogens with two attached hydrogens (primary N) is 1. The van der Waals surface area contributed by atoms with Crippen LogP contribution in [0.15, 0.2) is 35.5 Å². The molecule has 2 aliphatic rings. The monoisotopic (exact) mass is 364 g/mol. The van der Waals surface area contributed by atoms with E-state index in [-0.39, 0.29) is 17.5 Å². The number of ether oxygens (including phenoxy) is 1. The Labute approximate surface area is 155 Å². The lowest BCUT2D eigenvalue weighted by Gasteiger charge is -2.29. The Kier molecular flexibility index (Phi) is 3.78. The van der Waals surface area contributed by atoms with Crippen molar-refractivity contribution in [3.05, 3.63) is 41.1 Å². The van der Waals surface area contributed by atoms with Crippen molar-refractivity contribution in [1.82, 2.24) is 19.5 Å². The van der Waals surface area contributed by atoms with Crippen LogP contribution < -0.4 is 16.6 Å². The fourth-order valence-electron chi connectivity index (χ4n) is 3.42. The second kappa shape index (κ2) is 6.31. The molecule has 0 aromatic carbocycles. The standard InChI is InChI=1S/C19H20N6O2/c20-19-21-7-12(8-22-19)15-6-11-4-5-25(14-9-27-10-14)18(26)16(11)17(24-15)23-13-2-1-3-13/h4-8,13-14H,1-3,9-10H2,(H,23,24)(H2,20,21,22). The first kappa shape index (κ1) is 16.2. The number of pyridine rings is 2. The first-order valence-electron chi connectivity index (χ1n) is 9.17. The number of nitrogen functional groups attached to an aromatic ring is 1. The van der Waals surface area contributed by atoms with E-state index in [1.54, 1.807) is 17.0 Å². The van der Waals surface area contributed by atoms with E-state index in [1.165, 1.54) is 6.42 Å². The number of hydrogen-bond acceptors (Lipinski definition) is 7. The maximum Gasteiger partial charge on any atom is 0.262 e. The van der Waals surface area contributed by atoms with E-state index < -0.39 is 0 Å². The van der Waals surface area contributed by atoms with Gasteiger partial charge in [-0.1, -0.05) is 0 Å². The van der Waals surface area contributed by atoms with E-state index in [2.05, 4.69) is 15.3 Å². The van der Waals surface area contributed by atoms with Gasteiger partial charge in [0, 0.05) is 30.2 Å². The lowest BCUT2D eigenvalue weighted by molar-refractivity contribution is -0.0246. The third-order valence-electron chi connectivity index (χ3n) is 5.34. The van der Waals surface area contributed by atoms with Gasteiger partial charge in [-0.3, -0.25) is 4.79 Å². The molecule has 1 saturated heterocycles. The summed E-state index contributed by atoms with van der Waals surface area (Å²) in [5.74, 6) is 0.849. The molecule has 8 nitrogen and oxygen atoms in total. The van der Waals surface area contributed by atoms with E-state index in [4.69, 9.17) is 15.5 Å². The summed E-state index contributed by atoms with van der Waals surface area (Å²) in [6.45, 7) is 1.15. The van der Waals surface area contributed by atoms with Crippen LogP contribution in [0.3, 0.4) is 0 Å². The van der Waals surface area contributed by atoms with E-state index >= 15 is 0 Å². The fraction of sp³-hybridized carbons (Fsp3) is 0.368. The summed E-state index contributed by atoms with van der Waals surface area (Å²) in [7, 11) is 0. The highest BCUT2D eigenvalue weighted by Crippen LogP contribution is 2.30. The van der Waals surface area contributed by atoms with Crippen molar-refractivity contribution < 1.29 is 4.74 Å². The van der Waals surface area contributed by atoms with Crippen LogP contribution in [0.4, 0.5) is 11.8 Å². The molecule has 2 fully saturated rings. The van der Waals surface area contributed by atoms with Gasteiger partial charge in [0.2, 0.25) is 5.95 Å². The van der Waals surface area contributed by atoms with Crippen LogP contribution >= 0.6 is 0 Å². The predicted molar refractivity (Wildman–Crippen MR) is 103 cm³/mol. The summed E-state index contributed by atoms with van der Waals surface area (Å²) in [5.41, 5.74) is 7.04. The van der Waals surface area contributed by atoms with Gasteiger partial charge in [0.15, 0.2) is 0 Å². The number of aromatic nitrogens is 4. The Morgan fingerprint density at radius 3 is 2.63 bits per heavy atom. The summed E-state index contributed by atoms with van der Waals surface area (Å²) in [4.78, 5) is 26.0. The van der Waals surface area contributed by atoms with Gasteiger partial charge in [-0.25, -0.2) is 15.0 Å². The average molecular weight is 364 g/mol. The molecule has 5 rings (SSSR count). The lowest BCUT2D eigenvalue weighted by atomic mass is 9.93. The van der Waals surface area contributed by atoms with Crippen molar-refractivity contribution >= 4 is 22.5 Å². The lowest BCUT2D eigenvalue weighted by Crippen LogP contribution is -2.37. The Morgan fingerprint density at radius 2 is 2.00 bits per heavy atom. The first-order chi connectivity index (χ1) is 13.2. The molecule has 3 aromatic heterocycles. The largest absolute Gasteiger partial charge is 0.377 e. The number of fused-ring (bicyclic) bond motifs is 1. The van der Waals surface area contributed by atoms with Gasteiger partial charge in [0.05, 0.1) is 30.3 Å². The fourth-order valence-corrected chi connectivity index (χ4v) is 3.42. The van der Waals surface area contributed by atoms with Crippen molar-refractivity contribution in [2.75, 3.05) is 24.3 Å². The summed E-state index contributed by atoms with van der Waals surface area (Å²) < 4.78 is 7.00. The molecule has 1 aliphatic carbocycles. The molecule has 27 heavy (non-hydrogen) atoms. The second-order valence-electron chi connectivity index (χ2n) is 7.14. The summed E-state index contributed by atoms with van der Waals surface area (Å²) >= 11 is 0. The van der Waals surface area contributed by atoms with Crippen LogP contribution in [-0.2, 0) is 4.74 Å². The Balaban J connectivity index is 1.67. The summed E-state index contributed by atoms with van der Waals surface area (Å²) in [6.07, 6.45) is 8.53. The molecule has 0 bridgehead atoms. The molecule has 0 atom stereocenters. The van der Waals surface area contributed by atoms with Gasteiger partial charge in [0.1, 0.15) is 5.82 Å². The maximum absolute atomic E-state index is 13.2. The summed E-state index contributed by atoms with van der Waals surface area (Å²) in [5, 5.41) is 4.93. The van der Waals surface area contributed by atoms with Crippen LogP contribution in [0.25, 0.3) is 22.0 Å². The van der Waals surface area contributed by atoms with Gasteiger partial charge in [0.25, 0.3) is 5.56 Å². The Hall–Kier alpha value is -3.00. The minimum atomic E-state index is -0.0322. The Bertz CT molecular complexity index is 1050. The highest BCUT2D eigenvalue weighted by Gasteiger charge is 2.25. The zero-order valence-electron chi connectivity index (χ0n) is 14.8. The minimum Gasteiger partial charge on any atom is -0.377 e. The maximum atomic E-state index is 13.2. The third-order valence-corrected chi connectivity index (χ3v) is 5.34. The second-order valence-corrected chi connectivity index (χ2v) is 7.14. The smallest absolute Gasteiger partial charge is 0.262 e. The van der Waals surface area contributed by atoms with Crippen molar-refractivity contribution in [1.29, 1.82) is 0 Å². The molecular weight excluding hydrogens is 344 g/mol. The summed E-state index contributed by atoms with van der Waals surface area (Å²) in [6, 6.07) is 4.33. The zero-order valence-corrected chi connectivity index (χ0v) is 14.8. The number of nitrogens with zero attached hydrogens (tertiary/aromatic N) is 4. The molecule has 1 saturated carbocycles. The quantitative estimate of drug-likeness (QED) is 0.728. The molecule has 0 radical (unpaired) electrons. The van der Waals surface area contributed by atoms with Crippen molar-refractivity contribution in [3.8, 4) is 11.3 Å². The minimum absolute atomic E-state index is 0.0322. The van der Waals surface area contributed by atoms with E-state index in [9.17, 15) is 4.79 Å². The number of anilines is 2. The average Bonchev–Trinajstić information content (AvgIpc) is 2.59. The van der Waals surface area contributed by atoms with E-state index in [0.717, 1.165) is 23.8 Å². The normalized spacial score (nSPS) is 17.5. The van der Waals surface area contributed by atoms with Crippen molar-refractivity contribution in [2.24, 2.45) is 0 Å². The third kappa shape index (κ3) is 2.82. The van der Waals surface area contributed by atoms with Gasteiger partial charge in [-0.05, 0) is 36.8 Å². The first-order valence-corrected chi connectivity index (χ1v) is 9.17. The SMILES string of the molecule is Nc1ncc(-c2cc3ccn(C4COC4)c(=O)c3c(NC3CCC3)n2)cn1. The zero-order chi connectivity index (χ0) is 18.4. The molecular formula is C19H20N6O2. The number of rotatable bonds is 4. The molecule has 1 aliphatic heterocycles. The highest BCUT2D eigenvalue weighted by molar-refractivity contribution is 5.94. The van der Waals surface area contributed by atoms with Gasteiger partial charge < -0.3 is 20.4 Å². The molecule has 4 heterocycles. The Morgan fingerprint density at radius 1 is 1.22 bits per heavy atom. The molecule has 8 heteroatoms. The molecule has 0 amide bonds. The van der Waals surface area contributed by atoms with E-state index in [0.29, 0.717) is 36.2 Å². The van der Waals surface area contributed by atoms with E-state index in [1.807, 2.05) is 18.3 Å². The number of hydrogen-bond donors (Lipinski definition) is 2. The molecule has 0 unspecified atom stereocenters. The molecule has 3 N–H and O–H groups in total.